The van der Waals surface area contributed by atoms with E-state index in [1.54, 1.807) is 12.1 Å². The van der Waals surface area contributed by atoms with Crippen LogP contribution in [0.1, 0.15) is 58.2 Å². The molecule has 0 radical (unpaired) electrons. The minimum absolute atomic E-state index is 0.0157. The van der Waals surface area contributed by atoms with Crippen LogP contribution in [-0.4, -0.2) is 70.5 Å². The number of rotatable bonds is 11. The summed E-state index contributed by atoms with van der Waals surface area (Å²) in [5.74, 6) is 0.932. The fraction of sp³-hybridized carbons (Fsp3) is 0.424. The molecule has 4 heterocycles. The van der Waals surface area contributed by atoms with Crippen molar-refractivity contribution >= 4 is 17.0 Å². The normalized spacial score (nSPS) is 17.5. The standard InChI is InChI=1S/C33H35F3N4O6/c1-43-27-16-23(33(34,35)36)7-6-21(27)19-46-30-5-3-4-25(37-30)20-8-11-39(12-9-20)18-29-38-31-26(40(29)17-24-10-13-45-24)14-22(32(41)42)15-28(31)44-2/h3-7,14-16,20,24H,8-13,17-19H2,1-2H3,(H,41,42)/t24-/m0/s1. The van der Waals surface area contributed by atoms with Crippen LogP contribution in [0.25, 0.3) is 11.0 Å². The van der Waals surface area contributed by atoms with Gasteiger partial charge >= 0.3 is 12.1 Å². The average Bonchev–Trinajstić information content (AvgIpc) is 3.37. The second-order valence-electron chi connectivity index (χ2n) is 11.5. The Morgan fingerprint density at radius 3 is 2.43 bits per heavy atom. The van der Waals surface area contributed by atoms with Crippen LogP contribution in [-0.2, 0) is 30.6 Å². The number of carbonyl (C=O) groups is 1. The van der Waals surface area contributed by atoms with Crippen LogP contribution in [0.5, 0.6) is 17.4 Å². The molecule has 2 fully saturated rings. The van der Waals surface area contributed by atoms with Gasteiger partial charge in [0.15, 0.2) is 0 Å². The van der Waals surface area contributed by atoms with Crippen molar-refractivity contribution in [3.63, 3.8) is 0 Å². The highest BCUT2D eigenvalue weighted by atomic mass is 19.4. The molecular formula is C33H35F3N4O6. The maximum Gasteiger partial charge on any atom is 0.416 e. The molecule has 2 saturated heterocycles. The number of imidazole rings is 1. The molecule has 0 bridgehead atoms. The lowest BCUT2D eigenvalue weighted by molar-refractivity contribution is -0.137. The number of pyridine rings is 1. The summed E-state index contributed by atoms with van der Waals surface area (Å²) in [6.45, 7) is 3.52. The number of benzene rings is 2. The molecule has 0 saturated carbocycles. The number of alkyl halides is 3. The Morgan fingerprint density at radius 1 is 1.02 bits per heavy atom. The highest BCUT2D eigenvalue weighted by Crippen LogP contribution is 2.35. The molecule has 1 atom stereocenters. The highest BCUT2D eigenvalue weighted by Gasteiger charge is 2.31. The van der Waals surface area contributed by atoms with Gasteiger partial charge in [-0.05, 0) is 62.7 Å². The van der Waals surface area contributed by atoms with Crippen molar-refractivity contribution in [2.75, 3.05) is 33.9 Å². The van der Waals surface area contributed by atoms with Crippen LogP contribution < -0.4 is 14.2 Å². The summed E-state index contributed by atoms with van der Waals surface area (Å²) in [4.78, 5) is 23.8. The maximum absolute atomic E-state index is 13.1. The molecule has 0 spiro atoms. The number of hydrogen-bond acceptors (Lipinski definition) is 8. The number of halogens is 3. The van der Waals surface area contributed by atoms with Crippen LogP contribution in [0.3, 0.4) is 0 Å². The lowest BCUT2D eigenvalue weighted by atomic mass is 9.93. The monoisotopic (exact) mass is 640 g/mol. The molecule has 2 aliphatic heterocycles. The first-order chi connectivity index (χ1) is 22.1. The molecule has 244 valence electrons. The zero-order valence-corrected chi connectivity index (χ0v) is 25.5. The van der Waals surface area contributed by atoms with Gasteiger partial charge in [0.1, 0.15) is 29.4 Å². The van der Waals surface area contributed by atoms with Crippen molar-refractivity contribution in [2.45, 2.75) is 57.2 Å². The number of aromatic carboxylic acids is 1. The number of methoxy groups -OCH3 is 2. The summed E-state index contributed by atoms with van der Waals surface area (Å²) in [5, 5.41) is 9.66. The van der Waals surface area contributed by atoms with Gasteiger partial charge in [-0.25, -0.2) is 14.8 Å². The van der Waals surface area contributed by atoms with E-state index in [9.17, 15) is 23.1 Å². The van der Waals surface area contributed by atoms with Crippen molar-refractivity contribution in [2.24, 2.45) is 0 Å². The molecule has 0 amide bonds. The average molecular weight is 641 g/mol. The van der Waals surface area contributed by atoms with Gasteiger partial charge in [0, 0.05) is 29.8 Å². The van der Waals surface area contributed by atoms with E-state index in [2.05, 4.69) is 9.47 Å². The molecule has 2 aliphatic rings. The molecule has 2 aromatic heterocycles. The second kappa shape index (κ2) is 13.2. The number of piperidine rings is 1. The number of hydrogen-bond donors (Lipinski definition) is 1. The Labute approximate surface area is 263 Å². The molecule has 1 N–H and O–H groups in total. The molecule has 0 aliphatic carbocycles. The molecular weight excluding hydrogens is 605 g/mol. The topological polar surface area (TPSA) is 108 Å². The van der Waals surface area contributed by atoms with Gasteiger partial charge in [-0.3, -0.25) is 4.90 Å². The Morgan fingerprint density at radius 2 is 1.78 bits per heavy atom. The third kappa shape index (κ3) is 6.75. The first-order valence-corrected chi connectivity index (χ1v) is 15.1. The van der Waals surface area contributed by atoms with E-state index in [4.69, 9.17) is 28.9 Å². The minimum atomic E-state index is -4.46. The molecule has 4 aromatic rings. The number of carboxylic acids is 1. The molecule has 2 aromatic carbocycles. The van der Waals surface area contributed by atoms with Crippen LogP contribution in [0.2, 0.25) is 0 Å². The van der Waals surface area contributed by atoms with Gasteiger partial charge in [-0.15, -0.1) is 0 Å². The van der Waals surface area contributed by atoms with Crippen LogP contribution in [0.15, 0.2) is 48.5 Å². The number of carboxylic acid groups (broad SMARTS) is 1. The summed E-state index contributed by atoms with van der Waals surface area (Å²) in [6.07, 6.45) is -1.74. The lowest BCUT2D eigenvalue weighted by Gasteiger charge is -2.32. The largest absolute Gasteiger partial charge is 0.496 e. The van der Waals surface area contributed by atoms with Gasteiger partial charge < -0.3 is 28.6 Å². The van der Waals surface area contributed by atoms with E-state index in [-0.39, 0.29) is 29.9 Å². The summed E-state index contributed by atoms with van der Waals surface area (Å²) < 4.78 is 63.6. The first-order valence-electron chi connectivity index (χ1n) is 15.1. The number of aromatic nitrogens is 3. The molecule has 10 nitrogen and oxygen atoms in total. The van der Waals surface area contributed by atoms with E-state index in [0.29, 0.717) is 47.9 Å². The van der Waals surface area contributed by atoms with Crippen LogP contribution in [0.4, 0.5) is 13.2 Å². The summed E-state index contributed by atoms with van der Waals surface area (Å²) in [5.41, 5.74) is 2.10. The Hall–Kier alpha value is -4.36. The predicted octanol–water partition coefficient (Wildman–Crippen LogP) is 5.91. The van der Waals surface area contributed by atoms with Crippen LogP contribution in [0, 0.1) is 0 Å². The lowest BCUT2D eigenvalue weighted by Crippen LogP contribution is -2.35. The molecule has 46 heavy (non-hydrogen) atoms. The highest BCUT2D eigenvalue weighted by molar-refractivity contribution is 5.95. The van der Waals surface area contributed by atoms with E-state index in [1.807, 2.05) is 12.1 Å². The number of nitrogens with zero attached hydrogens (tertiary/aromatic N) is 4. The second-order valence-corrected chi connectivity index (χ2v) is 11.5. The molecule has 0 unspecified atom stereocenters. The van der Waals surface area contributed by atoms with Crippen molar-refractivity contribution < 1.29 is 42.0 Å². The van der Waals surface area contributed by atoms with E-state index >= 15 is 0 Å². The minimum Gasteiger partial charge on any atom is -0.496 e. The van der Waals surface area contributed by atoms with Crippen LogP contribution >= 0.6 is 0 Å². The Kier molecular flexibility index (Phi) is 9.05. The van der Waals surface area contributed by atoms with E-state index in [1.165, 1.54) is 26.4 Å². The summed E-state index contributed by atoms with van der Waals surface area (Å²) in [6, 6.07) is 12.1. The SMILES string of the molecule is COc1cc(C(F)(F)F)ccc1COc1cccc(C2CCN(Cc3nc4c(OC)cc(C(=O)O)cc4n3C[C@@H]3CCO3)CC2)n1. The summed E-state index contributed by atoms with van der Waals surface area (Å²) in [7, 11) is 2.84. The van der Waals surface area contributed by atoms with Gasteiger partial charge in [-0.1, -0.05) is 12.1 Å². The fourth-order valence-electron chi connectivity index (χ4n) is 5.99. The number of ether oxygens (including phenoxy) is 4. The van der Waals surface area contributed by atoms with Crippen molar-refractivity contribution in [1.29, 1.82) is 0 Å². The zero-order valence-electron chi connectivity index (χ0n) is 25.5. The van der Waals surface area contributed by atoms with Crippen molar-refractivity contribution in [3.8, 4) is 17.4 Å². The van der Waals surface area contributed by atoms with Gasteiger partial charge in [0.25, 0.3) is 0 Å². The van der Waals surface area contributed by atoms with Crippen molar-refractivity contribution in [3.05, 3.63) is 76.7 Å². The Bertz CT molecular complexity index is 1710. The predicted molar refractivity (Wildman–Crippen MR) is 161 cm³/mol. The maximum atomic E-state index is 13.1. The summed E-state index contributed by atoms with van der Waals surface area (Å²) >= 11 is 0. The zero-order chi connectivity index (χ0) is 32.4. The van der Waals surface area contributed by atoms with Gasteiger partial charge in [0.2, 0.25) is 5.88 Å². The third-order valence-corrected chi connectivity index (χ3v) is 8.65. The van der Waals surface area contributed by atoms with E-state index in [0.717, 1.165) is 56.0 Å². The Balaban J connectivity index is 1.12. The van der Waals surface area contributed by atoms with Gasteiger partial charge in [-0.2, -0.15) is 13.2 Å². The third-order valence-electron chi connectivity index (χ3n) is 8.65. The molecule has 13 heteroatoms. The molecule has 6 rings (SSSR count). The smallest absolute Gasteiger partial charge is 0.416 e. The fourth-order valence-corrected chi connectivity index (χ4v) is 5.99. The van der Waals surface area contributed by atoms with Crippen molar-refractivity contribution in [1.82, 2.24) is 19.4 Å². The number of fused-ring (bicyclic) bond motifs is 1. The van der Waals surface area contributed by atoms with Gasteiger partial charge in [0.05, 0.1) is 50.1 Å². The number of likely N-dealkylation sites (tertiary alicyclic amines) is 1. The first kappa shape index (κ1) is 31.6. The van der Waals surface area contributed by atoms with E-state index < -0.39 is 17.7 Å². The quantitative estimate of drug-likeness (QED) is 0.214.